The highest BCUT2D eigenvalue weighted by atomic mass is 28.3. The summed E-state index contributed by atoms with van der Waals surface area (Å²) < 4.78 is 0. The summed E-state index contributed by atoms with van der Waals surface area (Å²) in [5, 5.41) is 14.6. The molecule has 1 aromatic rings. The molecular weight excluding hydrogens is 629 g/mol. The van der Waals surface area contributed by atoms with E-state index >= 15 is 0 Å². The van der Waals surface area contributed by atoms with Crippen LogP contribution in [0.15, 0.2) is 115 Å². The summed E-state index contributed by atoms with van der Waals surface area (Å²) in [5.41, 5.74) is 19.8. The number of nitrogens with zero attached hydrogens (tertiary/aromatic N) is 3. The van der Waals surface area contributed by atoms with E-state index in [-0.39, 0.29) is 11.2 Å². The normalized spacial score (nSPS) is 20.5. The van der Waals surface area contributed by atoms with Crippen molar-refractivity contribution in [3.8, 4) is 11.5 Å². The Kier molecular flexibility index (Phi) is 9.20. The molecule has 5 heterocycles. The zero-order chi connectivity index (χ0) is 36.3. The van der Waals surface area contributed by atoms with Crippen molar-refractivity contribution in [1.29, 1.82) is 0 Å². The highest BCUT2D eigenvalue weighted by Gasteiger charge is 2.42. The standard InChI is InChI=1S/C44H52N4OSi/c1-25(2)50(26(3)4,27(5)6)16-15-32-19-34-22-41-44(11,12)24-35(47-41)21-39-36(31(10)49)23-40(48-39)43(42-29(8)17-28(7)18-30(42)9)37-14-13-33(45-37)20-38(32)46-34/h13-14,17-23,25-27,47,49H,24H2,1-12H3/b35-21?,36-31-,38-20?,41-22?,43-37?. The first-order valence-corrected chi connectivity index (χ1v) is 20.3. The van der Waals surface area contributed by atoms with Gasteiger partial charge in [-0.05, 0) is 110 Å². The number of aryl methyl sites for hydroxylation is 3. The molecule has 0 aliphatic carbocycles. The topological polar surface area (TPSA) is 69.3 Å². The molecule has 1 saturated heterocycles. The Bertz CT molecular complexity index is 2050. The second kappa shape index (κ2) is 13.0. The first kappa shape index (κ1) is 35.4. The Morgan fingerprint density at radius 3 is 2.10 bits per heavy atom. The van der Waals surface area contributed by atoms with Crippen LogP contribution in [0.4, 0.5) is 0 Å². The lowest BCUT2D eigenvalue weighted by Gasteiger charge is -2.38. The fourth-order valence-corrected chi connectivity index (χ4v) is 13.8. The van der Waals surface area contributed by atoms with Gasteiger partial charge in [0.2, 0.25) is 0 Å². The number of aliphatic hydroxyl groups excluding tert-OH is 1. The van der Waals surface area contributed by atoms with Crippen LogP contribution in [0.2, 0.25) is 16.6 Å². The largest absolute Gasteiger partial charge is 0.512 e. The summed E-state index contributed by atoms with van der Waals surface area (Å²) in [5.74, 6) is 3.95. The number of rotatable bonds is 4. The van der Waals surface area contributed by atoms with E-state index < -0.39 is 8.07 Å². The molecule has 6 rings (SSSR count). The minimum Gasteiger partial charge on any atom is -0.512 e. The second-order valence-electron chi connectivity index (χ2n) is 16.1. The van der Waals surface area contributed by atoms with Gasteiger partial charge in [-0.1, -0.05) is 79.0 Å². The molecule has 1 aromatic carbocycles. The molecule has 0 atom stereocenters. The minimum atomic E-state index is -1.97. The summed E-state index contributed by atoms with van der Waals surface area (Å²) in [6.07, 6.45) is 15.4. The third-order valence-corrected chi connectivity index (χ3v) is 17.2. The van der Waals surface area contributed by atoms with E-state index in [4.69, 9.17) is 15.0 Å². The fourth-order valence-electron chi connectivity index (χ4n) is 8.60. The highest BCUT2D eigenvalue weighted by molar-refractivity contribution is 6.90. The molecule has 6 heteroatoms. The molecule has 5 nitrogen and oxygen atoms in total. The number of aliphatic hydroxyl groups is 1. The van der Waals surface area contributed by atoms with E-state index in [0.29, 0.717) is 16.6 Å². The third kappa shape index (κ3) is 6.33. The molecule has 0 aromatic heterocycles. The lowest BCUT2D eigenvalue weighted by Crippen LogP contribution is -2.43. The van der Waals surface area contributed by atoms with Gasteiger partial charge in [0.25, 0.3) is 0 Å². The van der Waals surface area contributed by atoms with Crippen molar-refractivity contribution < 1.29 is 5.11 Å². The summed E-state index contributed by atoms with van der Waals surface area (Å²) >= 11 is 0. The van der Waals surface area contributed by atoms with E-state index in [2.05, 4.69) is 142 Å². The van der Waals surface area contributed by atoms with Crippen molar-refractivity contribution >= 4 is 30.8 Å². The van der Waals surface area contributed by atoms with Crippen molar-refractivity contribution in [2.75, 3.05) is 0 Å². The molecule has 2 N–H and O–H groups in total. The summed E-state index contributed by atoms with van der Waals surface area (Å²) in [6.45, 7) is 26.8. The molecule has 0 amide bonds. The van der Waals surface area contributed by atoms with E-state index in [1.165, 1.54) is 5.56 Å². The van der Waals surface area contributed by atoms with Crippen molar-refractivity contribution in [2.24, 2.45) is 20.4 Å². The highest BCUT2D eigenvalue weighted by Crippen LogP contribution is 2.43. The van der Waals surface area contributed by atoms with E-state index in [1.54, 1.807) is 6.92 Å². The number of fused-ring (bicyclic) bond motifs is 5. The molecule has 5 aliphatic heterocycles. The lowest BCUT2D eigenvalue weighted by molar-refractivity contribution is 0.412. The Morgan fingerprint density at radius 2 is 1.48 bits per heavy atom. The van der Waals surface area contributed by atoms with Crippen LogP contribution in [0, 0.1) is 37.7 Å². The van der Waals surface area contributed by atoms with Gasteiger partial charge in [0, 0.05) is 28.0 Å². The van der Waals surface area contributed by atoms with E-state index in [1.807, 2.05) is 6.08 Å². The number of nitrogens with one attached hydrogen (secondary N) is 1. The van der Waals surface area contributed by atoms with Crippen LogP contribution < -0.4 is 5.32 Å². The quantitative estimate of drug-likeness (QED) is 0.189. The second-order valence-corrected chi connectivity index (χ2v) is 21.7. The average Bonchev–Trinajstić information content (AvgIpc) is 3.77. The molecule has 5 aliphatic rings. The van der Waals surface area contributed by atoms with Crippen LogP contribution in [0.5, 0.6) is 0 Å². The van der Waals surface area contributed by atoms with Crippen molar-refractivity contribution in [3.05, 3.63) is 122 Å². The van der Waals surface area contributed by atoms with Crippen LogP contribution >= 0.6 is 0 Å². The van der Waals surface area contributed by atoms with Crippen LogP contribution in [-0.2, 0) is 0 Å². The van der Waals surface area contributed by atoms with Gasteiger partial charge >= 0.3 is 0 Å². The van der Waals surface area contributed by atoms with Crippen LogP contribution in [0.1, 0.15) is 91.0 Å². The van der Waals surface area contributed by atoms with Crippen molar-refractivity contribution in [1.82, 2.24) is 5.32 Å². The van der Waals surface area contributed by atoms with Crippen molar-refractivity contribution in [3.63, 3.8) is 0 Å². The Hall–Kier alpha value is -4.47. The van der Waals surface area contributed by atoms with Gasteiger partial charge < -0.3 is 10.4 Å². The fraction of sp³-hybridized carbons (Fsp3) is 0.386. The maximum absolute atomic E-state index is 10.9. The van der Waals surface area contributed by atoms with Gasteiger partial charge in [-0.15, -0.1) is 5.54 Å². The molecular formula is C44H52N4OSi. The third-order valence-electron chi connectivity index (χ3n) is 10.9. The monoisotopic (exact) mass is 680 g/mol. The zero-order valence-corrected chi connectivity index (χ0v) is 32.9. The first-order valence-electron chi connectivity index (χ1n) is 18.1. The number of aliphatic imine (C=N–C) groups is 3. The van der Waals surface area contributed by atoms with Gasteiger partial charge in [-0.3, -0.25) is 0 Å². The molecule has 0 radical (unpaired) electrons. The van der Waals surface area contributed by atoms with Gasteiger partial charge in [0.1, 0.15) is 8.07 Å². The number of allylic oxidation sites excluding steroid dienone is 13. The zero-order valence-electron chi connectivity index (χ0n) is 31.9. The van der Waals surface area contributed by atoms with Gasteiger partial charge in [-0.2, -0.15) is 0 Å². The molecule has 0 spiro atoms. The summed E-state index contributed by atoms with van der Waals surface area (Å²) in [4.78, 5) is 15.6. The summed E-state index contributed by atoms with van der Waals surface area (Å²) in [6, 6.07) is 4.43. The Balaban J connectivity index is 1.62. The maximum atomic E-state index is 10.9. The van der Waals surface area contributed by atoms with Crippen LogP contribution in [-0.4, -0.2) is 30.3 Å². The molecule has 0 saturated carbocycles. The summed E-state index contributed by atoms with van der Waals surface area (Å²) in [7, 11) is -1.97. The van der Waals surface area contributed by atoms with Crippen LogP contribution in [0.25, 0.3) is 5.57 Å². The molecule has 8 bridgehead atoms. The predicted octanol–water partition coefficient (Wildman–Crippen LogP) is 10.8. The lowest BCUT2D eigenvalue weighted by atomic mass is 9.87. The molecule has 0 unspecified atom stereocenters. The molecule has 50 heavy (non-hydrogen) atoms. The minimum absolute atomic E-state index is 0.147. The predicted molar refractivity (Wildman–Crippen MR) is 215 cm³/mol. The smallest absolute Gasteiger partial charge is 0.146 e. The van der Waals surface area contributed by atoms with Gasteiger partial charge in [-0.25, -0.2) is 15.0 Å². The number of hydrogen-bond acceptors (Lipinski definition) is 5. The Morgan fingerprint density at radius 1 is 0.820 bits per heavy atom. The maximum Gasteiger partial charge on any atom is 0.146 e. The van der Waals surface area contributed by atoms with Gasteiger partial charge in [0.15, 0.2) is 0 Å². The van der Waals surface area contributed by atoms with E-state index in [0.717, 1.165) is 85.5 Å². The molecule has 1 fully saturated rings. The first-order chi connectivity index (χ1) is 23.5. The van der Waals surface area contributed by atoms with Crippen LogP contribution in [0.3, 0.4) is 0 Å². The van der Waals surface area contributed by atoms with Crippen molar-refractivity contribution in [2.45, 2.75) is 106 Å². The Labute approximate surface area is 300 Å². The van der Waals surface area contributed by atoms with Gasteiger partial charge in [0.05, 0.1) is 45.6 Å². The SMILES string of the molecule is C/C(O)=C1\C=C2N=C1C=C1CC(C)(C)C(=CC3=NC(=CC4=NC(=C2c2c(C)cc(C)cc2C)C=C4)C(C#C[Si](C(C)C)(C(C)C)C(C)C)=C3)N1. The number of hydrogen-bond donors (Lipinski definition) is 2. The number of benzene rings is 1. The molecule has 258 valence electrons. The van der Waals surface area contributed by atoms with E-state index in [9.17, 15) is 5.11 Å². The average molecular weight is 681 g/mol.